The molecule has 0 rings (SSSR count). The molecule has 0 aromatic carbocycles. The summed E-state index contributed by atoms with van der Waals surface area (Å²) in [5.41, 5.74) is 0. The van der Waals surface area contributed by atoms with Crippen LogP contribution >= 0.6 is 0 Å². The molecule has 3 N–H and O–H groups in total. The van der Waals surface area contributed by atoms with Gasteiger partial charge in [-0.2, -0.15) is 0 Å². The van der Waals surface area contributed by atoms with Crippen molar-refractivity contribution in [1.29, 1.82) is 0 Å². The standard InChI is InChI=1S/C8H17NO3/c1-2-7(6-10)9-5-3-4-8(11)12/h7,9-10H,2-6H2,1H3,(H,11,12). The van der Waals surface area contributed by atoms with Crippen molar-refractivity contribution in [3.63, 3.8) is 0 Å². The number of carbonyl (C=O) groups is 1. The molecule has 1 atom stereocenters. The number of carboxylic acid groups (broad SMARTS) is 1. The molecule has 0 aliphatic heterocycles. The van der Waals surface area contributed by atoms with Crippen molar-refractivity contribution in [1.82, 2.24) is 5.32 Å². The molecule has 0 radical (unpaired) electrons. The van der Waals surface area contributed by atoms with Gasteiger partial charge in [0.15, 0.2) is 0 Å². The minimum atomic E-state index is -0.770. The van der Waals surface area contributed by atoms with Gasteiger partial charge in [-0.25, -0.2) is 0 Å². The summed E-state index contributed by atoms with van der Waals surface area (Å²) in [5.74, 6) is -0.770. The van der Waals surface area contributed by atoms with Gasteiger partial charge in [0.1, 0.15) is 0 Å². The third-order valence-corrected chi connectivity index (χ3v) is 1.71. The van der Waals surface area contributed by atoms with E-state index in [1.165, 1.54) is 0 Å². The molecule has 12 heavy (non-hydrogen) atoms. The molecule has 0 aromatic rings. The van der Waals surface area contributed by atoms with Gasteiger partial charge in [0.05, 0.1) is 6.61 Å². The summed E-state index contributed by atoms with van der Waals surface area (Å²) in [5, 5.41) is 20.1. The lowest BCUT2D eigenvalue weighted by molar-refractivity contribution is -0.137. The quantitative estimate of drug-likeness (QED) is 0.484. The van der Waals surface area contributed by atoms with Crippen LogP contribution in [0.3, 0.4) is 0 Å². The molecule has 0 aromatic heterocycles. The topological polar surface area (TPSA) is 69.6 Å². The number of aliphatic carboxylic acids is 1. The molecule has 0 bridgehead atoms. The van der Waals surface area contributed by atoms with Gasteiger partial charge >= 0.3 is 5.97 Å². The van der Waals surface area contributed by atoms with Gasteiger partial charge in [-0.3, -0.25) is 4.79 Å². The highest BCUT2D eigenvalue weighted by atomic mass is 16.4. The molecule has 0 heterocycles. The number of hydrogen-bond donors (Lipinski definition) is 3. The zero-order valence-electron chi connectivity index (χ0n) is 7.42. The molecule has 0 fully saturated rings. The van der Waals surface area contributed by atoms with Gasteiger partial charge in [-0.05, 0) is 19.4 Å². The van der Waals surface area contributed by atoms with E-state index < -0.39 is 5.97 Å². The van der Waals surface area contributed by atoms with Crippen molar-refractivity contribution in [3.8, 4) is 0 Å². The average molecular weight is 175 g/mol. The second kappa shape index (κ2) is 7.06. The number of aliphatic hydroxyl groups excluding tert-OH is 1. The Morgan fingerprint density at radius 1 is 1.58 bits per heavy atom. The molecular weight excluding hydrogens is 158 g/mol. The first-order valence-electron chi connectivity index (χ1n) is 4.26. The van der Waals surface area contributed by atoms with Crippen molar-refractivity contribution < 1.29 is 15.0 Å². The van der Waals surface area contributed by atoms with E-state index in [4.69, 9.17) is 10.2 Å². The number of rotatable bonds is 7. The fourth-order valence-electron chi connectivity index (χ4n) is 0.884. The predicted molar refractivity (Wildman–Crippen MR) is 46.0 cm³/mol. The van der Waals surface area contributed by atoms with E-state index in [0.717, 1.165) is 6.42 Å². The van der Waals surface area contributed by atoms with Crippen molar-refractivity contribution >= 4 is 5.97 Å². The first-order chi connectivity index (χ1) is 5.70. The highest BCUT2D eigenvalue weighted by molar-refractivity contribution is 5.66. The van der Waals surface area contributed by atoms with Gasteiger partial charge in [-0.15, -0.1) is 0 Å². The lowest BCUT2D eigenvalue weighted by atomic mass is 10.2. The molecule has 0 amide bonds. The highest BCUT2D eigenvalue weighted by Crippen LogP contribution is 1.91. The van der Waals surface area contributed by atoms with Crippen LogP contribution in [0.15, 0.2) is 0 Å². The average Bonchev–Trinajstić information content (AvgIpc) is 2.04. The number of nitrogens with one attached hydrogen (secondary N) is 1. The summed E-state index contributed by atoms with van der Waals surface area (Å²) in [4.78, 5) is 10.1. The van der Waals surface area contributed by atoms with E-state index in [1.807, 2.05) is 6.92 Å². The Labute approximate surface area is 72.6 Å². The molecule has 72 valence electrons. The Kier molecular flexibility index (Phi) is 6.70. The van der Waals surface area contributed by atoms with E-state index in [1.54, 1.807) is 0 Å². The zero-order valence-corrected chi connectivity index (χ0v) is 7.42. The second-order valence-corrected chi connectivity index (χ2v) is 2.74. The zero-order chi connectivity index (χ0) is 9.40. The van der Waals surface area contributed by atoms with Crippen molar-refractivity contribution in [3.05, 3.63) is 0 Å². The van der Waals surface area contributed by atoms with Crippen LogP contribution in [0.1, 0.15) is 26.2 Å². The van der Waals surface area contributed by atoms with E-state index in [-0.39, 0.29) is 19.1 Å². The molecule has 4 heteroatoms. The molecule has 0 aliphatic rings. The SMILES string of the molecule is CCC(CO)NCCCC(=O)O. The Balaban J connectivity index is 3.23. The maximum absolute atomic E-state index is 10.1. The fourth-order valence-corrected chi connectivity index (χ4v) is 0.884. The third-order valence-electron chi connectivity index (χ3n) is 1.71. The maximum atomic E-state index is 10.1. The molecule has 1 unspecified atom stereocenters. The van der Waals surface area contributed by atoms with Gasteiger partial charge in [-0.1, -0.05) is 6.92 Å². The fraction of sp³-hybridized carbons (Fsp3) is 0.875. The largest absolute Gasteiger partial charge is 0.481 e. The summed E-state index contributed by atoms with van der Waals surface area (Å²) in [6, 6.07) is 0.110. The van der Waals surface area contributed by atoms with Crippen LogP contribution in [0.4, 0.5) is 0 Å². The second-order valence-electron chi connectivity index (χ2n) is 2.74. The van der Waals surface area contributed by atoms with Crippen molar-refractivity contribution in [2.45, 2.75) is 32.2 Å². The minimum Gasteiger partial charge on any atom is -0.481 e. The van der Waals surface area contributed by atoms with Crippen LogP contribution in [0.2, 0.25) is 0 Å². The van der Waals surface area contributed by atoms with Crippen LogP contribution < -0.4 is 5.32 Å². The van der Waals surface area contributed by atoms with Crippen LogP contribution in [-0.4, -0.2) is 35.4 Å². The Morgan fingerprint density at radius 2 is 2.25 bits per heavy atom. The maximum Gasteiger partial charge on any atom is 0.303 e. The van der Waals surface area contributed by atoms with Crippen LogP contribution in [-0.2, 0) is 4.79 Å². The summed E-state index contributed by atoms with van der Waals surface area (Å²) >= 11 is 0. The smallest absolute Gasteiger partial charge is 0.303 e. The van der Waals surface area contributed by atoms with Crippen LogP contribution in [0.5, 0.6) is 0 Å². The molecule has 4 nitrogen and oxygen atoms in total. The van der Waals surface area contributed by atoms with E-state index in [9.17, 15) is 4.79 Å². The molecular formula is C8H17NO3. The summed E-state index contributed by atoms with van der Waals surface area (Å²) in [7, 11) is 0. The number of hydrogen-bond acceptors (Lipinski definition) is 3. The van der Waals surface area contributed by atoms with E-state index in [0.29, 0.717) is 13.0 Å². The molecule has 0 saturated carbocycles. The monoisotopic (exact) mass is 175 g/mol. The predicted octanol–water partition coefficient (Wildman–Crippen LogP) is 0.212. The molecule has 0 saturated heterocycles. The highest BCUT2D eigenvalue weighted by Gasteiger charge is 2.02. The summed E-state index contributed by atoms with van der Waals surface area (Å²) in [6.07, 6.45) is 1.67. The Hall–Kier alpha value is -0.610. The van der Waals surface area contributed by atoms with E-state index >= 15 is 0 Å². The van der Waals surface area contributed by atoms with E-state index in [2.05, 4.69) is 5.32 Å². The Morgan fingerprint density at radius 3 is 2.67 bits per heavy atom. The van der Waals surface area contributed by atoms with Crippen molar-refractivity contribution in [2.24, 2.45) is 0 Å². The van der Waals surface area contributed by atoms with Gasteiger partial charge in [0.25, 0.3) is 0 Å². The third kappa shape index (κ3) is 6.12. The van der Waals surface area contributed by atoms with Gasteiger partial charge in [0, 0.05) is 12.5 Å². The minimum absolute atomic E-state index is 0.110. The first kappa shape index (κ1) is 11.4. The normalized spacial score (nSPS) is 12.8. The lowest BCUT2D eigenvalue weighted by Gasteiger charge is -2.12. The lowest BCUT2D eigenvalue weighted by Crippen LogP contribution is -2.32. The first-order valence-corrected chi connectivity index (χ1v) is 4.26. The molecule has 0 spiro atoms. The van der Waals surface area contributed by atoms with Crippen molar-refractivity contribution in [2.75, 3.05) is 13.2 Å². The van der Waals surface area contributed by atoms with Crippen LogP contribution in [0, 0.1) is 0 Å². The Bertz CT molecular complexity index is 123. The number of carboxylic acids is 1. The summed E-state index contributed by atoms with van der Waals surface area (Å²) < 4.78 is 0. The van der Waals surface area contributed by atoms with Gasteiger partial charge in [0.2, 0.25) is 0 Å². The van der Waals surface area contributed by atoms with Crippen LogP contribution in [0.25, 0.3) is 0 Å². The number of aliphatic hydroxyl groups is 1. The summed E-state index contributed by atoms with van der Waals surface area (Å²) in [6.45, 7) is 2.75. The van der Waals surface area contributed by atoms with Gasteiger partial charge < -0.3 is 15.5 Å². The molecule has 0 aliphatic carbocycles.